The van der Waals surface area contributed by atoms with E-state index >= 15 is 0 Å². The summed E-state index contributed by atoms with van der Waals surface area (Å²) in [6.45, 7) is 4.72. The lowest BCUT2D eigenvalue weighted by molar-refractivity contribution is 0.660. The molecule has 0 atom stereocenters. The van der Waals surface area contributed by atoms with Gasteiger partial charge in [-0.05, 0) is 168 Å². The summed E-state index contributed by atoms with van der Waals surface area (Å²) in [6, 6.07) is 89.3. The third kappa shape index (κ3) is 6.04. The van der Waals surface area contributed by atoms with Gasteiger partial charge in [0.05, 0.1) is 11.0 Å². The van der Waals surface area contributed by atoms with Crippen LogP contribution in [-0.4, -0.2) is 4.57 Å². The second kappa shape index (κ2) is 15.4. The Balaban J connectivity index is 0.874. The van der Waals surface area contributed by atoms with Gasteiger partial charge in [0.15, 0.2) is 0 Å². The molecule has 3 nitrogen and oxygen atoms in total. The van der Waals surface area contributed by atoms with E-state index in [1.165, 1.54) is 93.1 Å². The zero-order chi connectivity index (χ0) is 47.7. The Hall–Kier alpha value is -9.18. The molecule has 338 valence electrons. The zero-order valence-corrected chi connectivity index (χ0v) is 39.9. The van der Waals surface area contributed by atoms with Crippen molar-refractivity contribution >= 4 is 93.1 Å². The Morgan fingerprint density at radius 3 is 1.51 bits per heavy atom. The first-order valence-corrected chi connectivity index (χ1v) is 25.0. The normalized spacial score (nSPS) is 13.0. The van der Waals surface area contributed by atoms with E-state index in [0.717, 1.165) is 50.3 Å². The number of rotatable bonds is 6. The average Bonchev–Trinajstić information content (AvgIpc) is 4.05. The minimum absolute atomic E-state index is 0.0706. The van der Waals surface area contributed by atoms with Crippen LogP contribution in [0.4, 0.5) is 17.1 Å². The number of nitrogens with zero attached hydrogens (tertiary/aromatic N) is 2. The van der Waals surface area contributed by atoms with Gasteiger partial charge >= 0.3 is 0 Å². The molecule has 15 rings (SSSR count). The standard InChI is InChI=1S/C69H46N2O/c1-69(2)63-22-12-10-20-56(63)57-33-26-46(40-64(57)69)45-28-36-66-61(39-45)60-38-44(27-35-65(60)71(66)47-14-4-3-5-15-47)43-24-29-48(30-25-43)70(50-32-37-68-62(42-50)58-21-11-13-23-67(58)72-68)49-31-34-55-53-18-7-6-16-51(53)52-17-8-9-19-54(52)59(55)41-49/h3-42H,1-2H3. The lowest BCUT2D eigenvalue weighted by Crippen LogP contribution is -2.14. The SMILES string of the molecule is CC1(C)c2ccccc2-c2ccc(-c3ccc4c(c3)c3cc(-c5ccc(N(c6ccc7oc8ccccc8c7c6)c6ccc7c8ccccc8c8ccccc8c7c6)cc5)ccc3n4-c3ccccc3)cc21. The van der Waals surface area contributed by atoms with Crippen LogP contribution in [0.15, 0.2) is 247 Å². The highest BCUT2D eigenvalue weighted by Crippen LogP contribution is 2.50. The summed E-state index contributed by atoms with van der Waals surface area (Å²) in [6.07, 6.45) is 0. The number of hydrogen-bond donors (Lipinski definition) is 0. The van der Waals surface area contributed by atoms with E-state index < -0.39 is 0 Å². The molecule has 0 saturated heterocycles. The predicted molar refractivity (Wildman–Crippen MR) is 304 cm³/mol. The molecule has 2 heterocycles. The number of aromatic nitrogens is 1. The zero-order valence-electron chi connectivity index (χ0n) is 39.9. The van der Waals surface area contributed by atoms with Crippen LogP contribution >= 0.6 is 0 Å². The highest BCUT2D eigenvalue weighted by atomic mass is 16.3. The van der Waals surface area contributed by atoms with Crippen molar-refractivity contribution in [3.63, 3.8) is 0 Å². The van der Waals surface area contributed by atoms with Crippen LogP contribution < -0.4 is 4.90 Å². The molecule has 0 aliphatic heterocycles. The summed E-state index contributed by atoms with van der Waals surface area (Å²) in [5.41, 5.74) is 18.7. The Labute approximate surface area is 417 Å². The topological polar surface area (TPSA) is 21.3 Å². The number of benzene rings is 12. The van der Waals surface area contributed by atoms with Crippen molar-refractivity contribution in [3.05, 3.63) is 254 Å². The smallest absolute Gasteiger partial charge is 0.135 e. The molecule has 0 unspecified atom stereocenters. The molecule has 1 aliphatic rings. The van der Waals surface area contributed by atoms with Crippen LogP contribution in [0.1, 0.15) is 25.0 Å². The van der Waals surface area contributed by atoms with Crippen molar-refractivity contribution in [2.45, 2.75) is 19.3 Å². The molecule has 3 heteroatoms. The Morgan fingerprint density at radius 2 is 0.806 bits per heavy atom. The van der Waals surface area contributed by atoms with Crippen molar-refractivity contribution < 1.29 is 4.42 Å². The monoisotopic (exact) mass is 918 g/mol. The minimum atomic E-state index is -0.0706. The third-order valence-corrected chi connectivity index (χ3v) is 15.8. The van der Waals surface area contributed by atoms with E-state index in [2.05, 4.69) is 254 Å². The number of fused-ring (bicyclic) bond motifs is 15. The van der Waals surface area contributed by atoms with Crippen molar-refractivity contribution in [1.29, 1.82) is 0 Å². The second-order valence-corrected chi connectivity index (χ2v) is 20.0. The summed E-state index contributed by atoms with van der Waals surface area (Å²) in [7, 11) is 0. The van der Waals surface area contributed by atoms with Gasteiger partial charge in [0.1, 0.15) is 11.2 Å². The van der Waals surface area contributed by atoms with Crippen molar-refractivity contribution in [3.8, 4) is 39.1 Å². The van der Waals surface area contributed by atoms with Crippen LogP contribution in [0, 0.1) is 0 Å². The van der Waals surface area contributed by atoms with E-state index in [1.54, 1.807) is 0 Å². The molecule has 1 aliphatic carbocycles. The van der Waals surface area contributed by atoms with E-state index in [-0.39, 0.29) is 5.41 Å². The molecule has 72 heavy (non-hydrogen) atoms. The van der Waals surface area contributed by atoms with Gasteiger partial charge in [-0.25, -0.2) is 0 Å². The molecule has 14 aromatic rings. The molecule has 12 aromatic carbocycles. The molecule has 2 aromatic heterocycles. The van der Waals surface area contributed by atoms with Crippen LogP contribution in [-0.2, 0) is 5.41 Å². The molecule has 0 radical (unpaired) electrons. The van der Waals surface area contributed by atoms with Gasteiger partial charge in [0.25, 0.3) is 0 Å². The average molecular weight is 919 g/mol. The lowest BCUT2D eigenvalue weighted by Gasteiger charge is -2.26. The van der Waals surface area contributed by atoms with Crippen LogP contribution in [0.5, 0.6) is 0 Å². The van der Waals surface area contributed by atoms with E-state index in [4.69, 9.17) is 4.42 Å². The lowest BCUT2D eigenvalue weighted by atomic mass is 9.81. The molecule has 0 amide bonds. The Bertz CT molecular complexity index is 4500. The maximum absolute atomic E-state index is 6.34. The first-order valence-electron chi connectivity index (χ1n) is 25.0. The number of furan rings is 1. The van der Waals surface area contributed by atoms with Gasteiger partial charge in [0.2, 0.25) is 0 Å². The molecular formula is C69H46N2O. The molecule has 0 bridgehead atoms. The van der Waals surface area contributed by atoms with Gasteiger partial charge < -0.3 is 13.9 Å². The van der Waals surface area contributed by atoms with Crippen molar-refractivity contribution in [2.24, 2.45) is 0 Å². The largest absolute Gasteiger partial charge is 0.456 e. The summed E-state index contributed by atoms with van der Waals surface area (Å²) < 4.78 is 8.75. The van der Waals surface area contributed by atoms with Gasteiger partial charge in [-0.1, -0.05) is 166 Å². The number of hydrogen-bond acceptors (Lipinski definition) is 2. The highest BCUT2D eigenvalue weighted by Gasteiger charge is 2.35. The molecule has 0 saturated carbocycles. The highest BCUT2D eigenvalue weighted by molar-refractivity contribution is 6.26. The second-order valence-electron chi connectivity index (χ2n) is 20.0. The number of para-hydroxylation sites is 2. The number of anilines is 3. The van der Waals surface area contributed by atoms with Crippen molar-refractivity contribution in [2.75, 3.05) is 4.90 Å². The fraction of sp³-hybridized carbons (Fsp3) is 0.0435. The maximum Gasteiger partial charge on any atom is 0.135 e. The fourth-order valence-electron chi connectivity index (χ4n) is 12.3. The maximum atomic E-state index is 6.34. The molecule has 0 spiro atoms. The summed E-state index contributed by atoms with van der Waals surface area (Å²) in [5.74, 6) is 0. The van der Waals surface area contributed by atoms with Gasteiger partial charge in [-0.3, -0.25) is 0 Å². The summed E-state index contributed by atoms with van der Waals surface area (Å²) in [4.78, 5) is 2.39. The molecule has 0 N–H and O–H groups in total. The van der Waals surface area contributed by atoms with E-state index in [1.807, 2.05) is 12.1 Å². The van der Waals surface area contributed by atoms with Gasteiger partial charge in [-0.2, -0.15) is 0 Å². The van der Waals surface area contributed by atoms with Crippen molar-refractivity contribution in [1.82, 2.24) is 4.57 Å². The first-order chi connectivity index (χ1) is 35.4. The molecule has 0 fully saturated rings. The Kier molecular flexibility index (Phi) is 8.71. The molecular weight excluding hydrogens is 873 g/mol. The summed E-state index contributed by atoms with van der Waals surface area (Å²) in [5, 5.41) is 12.2. The van der Waals surface area contributed by atoms with E-state index in [9.17, 15) is 0 Å². The minimum Gasteiger partial charge on any atom is -0.456 e. The summed E-state index contributed by atoms with van der Waals surface area (Å²) >= 11 is 0. The van der Waals surface area contributed by atoms with Crippen LogP contribution in [0.3, 0.4) is 0 Å². The van der Waals surface area contributed by atoms with Crippen LogP contribution in [0.2, 0.25) is 0 Å². The predicted octanol–water partition coefficient (Wildman–Crippen LogP) is 19.3. The van der Waals surface area contributed by atoms with Gasteiger partial charge in [0, 0.05) is 49.7 Å². The van der Waals surface area contributed by atoms with Crippen LogP contribution in [0.25, 0.3) is 115 Å². The van der Waals surface area contributed by atoms with E-state index in [0.29, 0.717) is 0 Å². The first kappa shape index (κ1) is 40.7. The Morgan fingerprint density at radius 1 is 0.319 bits per heavy atom. The fourth-order valence-corrected chi connectivity index (χ4v) is 12.3. The quantitative estimate of drug-likeness (QED) is 0.155. The van der Waals surface area contributed by atoms with Gasteiger partial charge in [-0.15, -0.1) is 0 Å². The third-order valence-electron chi connectivity index (χ3n) is 15.8.